The second kappa shape index (κ2) is 3.04. The molecule has 3 rings (SSSR count). The number of fused-ring (bicyclic) bond motifs is 2. The predicted molar refractivity (Wildman–Crippen MR) is 58.2 cm³/mol. The number of aromatic nitrogens is 3. The Kier molecular flexibility index (Phi) is 1.77. The molecule has 3 aromatic heterocycles. The molecule has 0 amide bonds. The van der Waals surface area contributed by atoms with E-state index in [-0.39, 0.29) is 5.92 Å². The van der Waals surface area contributed by atoms with Gasteiger partial charge in [-0.2, -0.15) is 9.97 Å². The van der Waals surface area contributed by atoms with E-state index in [2.05, 4.69) is 15.0 Å². The maximum Gasteiger partial charge on any atom is 0.201 e. The summed E-state index contributed by atoms with van der Waals surface area (Å²) in [5.74, 6) is 1.53. The first-order valence-electron chi connectivity index (χ1n) is 5.18. The zero-order chi connectivity index (χ0) is 11.3. The highest BCUT2D eigenvalue weighted by Gasteiger charge is 2.13. The fourth-order valence-electron chi connectivity index (χ4n) is 1.59. The lowest BCUT2D eigenvalue weighted by molar-refractivity contribution is 0.500. The first-order valence-corrected chi connectivity index (χ1v) is 5.18. The van der Waals surface area contributed by atoms with Crippen molar-refractivity contribution in [2.24, 2.45) is 0 Å². The van der Waals surface area contributed by atoms with Crippen molar-refractivity contribution in [3.05, 3.63) is 17.8 Å². The van der Waals surface area contributed by atoms with E-state index in [9.17, 15) is 0 Å². The first kappa shape index (κ1) is 9.33. The van der Waals surface area contributed by atoms with Crippen LogP contribution in [0, 0.1) is 6.92 Å². The minimum atomic E-state index is 0.246. The van der Waals surface area contributed by atoms with Crippen molar-refractivity contribution in [1.29, 1.82) is 0 Å². The quantitative estimate of drug-likeness (QED) is 0.627. The standard InChI is InChI=1S/C11H11N3O2/c1-5(2)11-14-10-8(16-11)4-7-9(13-10)12-6(3)15-7/h4-5H,1-3H3. The van der Waals surface area contributed by atoms with Gasteiger partial charge in [0.2, 0.25) is 11.3 Å². The summed E-state index contributed by atoms with van der Waals surface area (Å²) in [4.78, 5) is 12.8. The summed E-state index contributed by atoms with van der Waals surface area (Å²) < 4.78 is 11.0. The lowest BCUT2D eigenvalue weighted by atomic mass is 10.2. The molecule has 3 aromatic rings. The molecule has 0 aliphatic heterocycles. The van der Waals surface area contributed by atoms with Gasteiger partial charge < -0.3 is 8.83 Å². The van der Waals surface area contributed by atoms with E-state index in [1.807, 2.05) is 13.8 Å². The normalized spacial score (nSPS) is 12.0. The van der Waals surface area contributed by atoms with Crippen molar-refractivity contribution in [2.45, 2.75) is 26.7 Å². The lowest BCUT2D eigenvalue weighted by Crippen LogP contribution is -1.85. The third-order valence-corrected chi connectivity index (χ3v) is 2.36. The van der Waals surface area contributed by atoms with Gasteiger partial charge >= 0.3 is 0 Å². The number of oxazole rings is 2. The van der Waals surface area contributed by atoms with Crippen LogP contribution in [-0.4, -0.2) is 15.0 Å². The highest BCUT2D eigenvalue weighted by Crippen LogP contribution is 2.23. The fourth-order valence-corrected chi connectivity index (χ4v) is 1.59. The van der Waals surface area contributed by atoms with Gasteiger partial charge in [-0.3, -0.25) is 0 Å². The largest absolute Gasteiger partial charge is 0.439 e. The Morgan fingerprint density at radius 2 is 1.69 bits per heavy atom. The Morgan fingerprint density at radius 1 is 1.00 bits per heavy atom. The van der Waals surface area contributed by atoms with Crippen LogP contribution in [0.25, 0.3) is 22.5 Å². The van der Waals surface area contributed by atoms with Crippen LogP contribution in [0.2, 0.25) is 0 Å². The van der Waals surface area contributed by atoms with Crippen molar-refractivity contribution >= 4 is 22.5 Å². The highest BCUT2D eigenvalue weighted by molar-refractivity contribution is 5.82. The van der Waals surface area contributed by atoms with Crippen LogP contribution in [0.4, 0.5) is 0 Å². The van der Waals surface area contributed by atoms with Crippen molar-refractivity contribution in [3.63, 3.8) is 0 Å². The maximum absolute atomic E-state index is 5.59. The van der Waals surface area contributed by atoms with Gasteiger partial charge in [-0.25, -0.2) is 4.98 Å². The number of rotatable bonds is 1. The van der Waals surface area contributed by atoms with Crippen molar-refractivity contribution in [2.75, 3.05) is 0 Å². The van der Waals surface area contributed by atoms with E-state index in [1.165, 1.54) is 0 Å². The summed E-state index contributed by atoms with van der Waals surface area (Å²) in [6, 6.07) is 1.79. The Labute approximate surface area is 91.5 Å². The molecule has 0 atom stereocenters. The zero-order valence-corrected chi connectivity index (χ0v) is 9.31. The average Bonchev–Trinajstić information content (AvgIpc) is 2.74. The minimum absolute atomic E-state index is 0.246. The number of pyridine rings is 1. The van der Waals surface area contributed by atoms with Crippen molar-refractivity contribution < 1.29 is 8.83 Å². The summed E-state index contributed by atoms with van der Waals surface area (Å²) in [5.41, 5.74) is 2.45. The summed E-state index contributed by atoms with van der Waals surface area (Å²) in [6.45, 7) is 5.84. The molecule has 0 aliphatic carbocycles. The van der Waals surface area contributed by atoms with E-state index in [4.69, 9.17) is 8.83 Å². The summed E-state index contributed by atoms with van der Waals surface area (Å²) in [6.07, 6.45) is 0. The van der Waals surface area contributed by atoms with Crippen LogP contribution in [0.3, 0.4) is 0 Å². The first-order chi connectivity index (χ1) is 7.63. The molecule has 3 heterocycles. The number of nitrogens with zero attached hydrogens (tertiary/aromatic N) is 3. The Morgan fingerprint density at radius 3 is 2.44 bits per heavy atom. The van der Waals surface area contributed by atoms with E-state index in [0.29, 0.717) is 34.2 Å². The molecule has 0 fully saturated rings. The van der Waals surface area contributed by atoms with Crippen LogP contribution >= 0.6 is 0 Å². The van der Waals surface area contributed by atoms with E-state index in [1.54, 1.807) is 13.0 Å². The molecule has 5 heteroatoms. The third-order valence-electron chi connectivity index (χ3n) is 2.36. The van der Waals surface area contributed by atoms with Crippen molar-refractivity contribution in [3.8, 4) is 0 Å². The van der Waals surface area contributed by atoms with Gasteiger partial charge in [-0.05, 0) is 0 Å². The SMILES string of the molecule is Cc1nc2nc3nc(C(C)C)oc3cc2o1. The summed E-state index contributed by atoms with van der Waals surface area (Å²) >= 11 is 0. The molecule has 16 heavy (non-hydrogen) atoms. The molecular weight excluding hydrogens is 206 g/mol. The van der Waals surface area contributed by atoms with Gasteiger partial charge in [0.25, 0.3) is 0 Å². The van der Waals surface area contributed by atoms with Gasteiger partial charge in [0, 0.05) is 18.9 Å². The molecular formula is C11H11N3O2. The van der Waals surface area contributed by atoms with Gasteiger partial charge in [-0.15, -0.1) is 0 Å². The number of aryl methyl sites for hydroxylation is 1. The van der Waals surface area contributed by atoms with Gasteiger partial charge in [0.1, 0.15) is 0 Å². The van der Waals surface area contributed by atoms with Gasteiger partial charge in [0.05, 0.1) is 0 Å². The monoisotopic (exact) mass is 217 g/mol. The fraction of sp³-hybridized carbons (Fsp3) is 0.364. The van der Waals surface area contributed by atoms with Crippen LogP contribution < -0.4 is 0 Å². The molecule has 0 saturated heterocycles. The minimum Gasteiger partial charge on any atom is -0.439 e. The molecule has 0 unspecified atom stereocenters. The van der Waals surface area contributed by atoms with Crippen LogP contribution in [0.5, 0.6) is 0 Å². The molecule has 0 aliphatic rings. The van der Waals surface area contributed by atoms with Crippen molar-refractivity contribution in [1.82, 2.24) is 15.0 Å². The molecule has 0 saturated carbocycles. The second-order valence-corrected chi connectivity index (χ2v) is 4.07. The topological polar surface area (TPSA) is 65.0 Å². The molecule has 0 radical (unpaired) electrons. The van der Waals surface area contributed by atoms with E-state index < -0.39 is 0 Å². The summed E-state index contributed by atoms with van der Waals surface area (Å²) in [5, 5.41) is 0. The molecule has 0 N–H and O–H groups in total. The van der Waals surface area contributed by atoms with Crippen LogP contribution in [0.15, 0.2) is 14.9 Å². The molecule has 82 valence electrons. The third kappa shape index (κ3) is 1.28. The summed E-state index contributed by atoms with van der Waals surface area (Å²) in [7, 11) is 0. The Hall–Kier alpha value is -1.91. The molecule has 0 spiro atoms. The van der Waals surface area contributed by atoms with E-state index >= 15 is 0 Å². The van der Waals surface area contributed by atoms with E-state index in [0.717, 1.165) is 0 Å². The highest BCUT2D eigenvalue weighted by atomic mass is 16.4. The molecule has 0 bridgehead atoms. The Bertz CT molecular complexity index is 615. The number of hydrogen-bond donors (Lipinski definition) is 0. The Balaban J connectivity index is 2.31. The average molecular weight is 217 g/mol. The zero-order valence-electron chi connectivity index (χ0n) is 9.31. The lowest BCUT2D eigenvalue weighted by Gasteiger charge is -1.93. The molecule has 0 aromatic carbocycles. The van der Waals surface area contributed by atoms with Gasteiger partial charge in [-0.1, -0.05) is 13.8 Å². The second-order valence-electron chi connectivity index (χ2n) is 4.07. The maximum atomic E-state index is 5.59. The number of hydrogen-bond acceptors (Lipinski definition) is 5. The van der Waals surface area contributed by atoms with Crippen LogP contribution in [-0.2, 0) is 0 Å². The smallest absolute Gasteiger partial charge is 0.201 e. The predicted octanol–water partition coefficient (Wildman–Crippen LogP) is 2.80. The van der Waals surface area contributed by atoms with Gasteiger partial charge in [0.15, 0.2) is 22.9 Å². The van der Waals surface area contributed by atoms with Crippen LogP contribution in [0.1, 0.15) is 31.5 Å². The molecule has 5 nitrogen and oxygen atoms in total.